The van der Waals surface area contributed by atoms with Gasteiger partial charge < -0.3 is 0 Å². The first-order chi connectivity index (χ1) is 13.4. The second kappa shape index (κ2) is 7.02. The number of fused-ring (bicyclic) bond motifs is 1. The zero-order chi connectivity index (χ0) is 19.9. The standard InChI is InChI=1S/C18H18N4O4S2/c1-2-14-10-15-17(27-14)19-11-21(18(15)24)20-16(23)12-4-6-13(7-5-12)22-8-3-9-28(22,25)26/h4-7,10-11H,2-3,8-9H2,1H3,(H,20,23). The highest BCUT2D eigenvalue weighted by Crippen LogP contribution is 2.24. The van der Waals surface area contributed by atoms with Crippen LogP contribution in [0.5, 0.6) is 0 Å². The molecule has 28 heavy (non-hydrogen) atoms. The van der Waals surface area contributed by atoms with Crippen molar-refractivity contribution in [3.63, 3.8) is 0 Å². The molecule has 1 aliphatic rings. The predicted molar refractivity (Wildman–Crippen MR) is 109 cm³/mol. The molecule has 3 heterocycles. The van der Waals surface area contributed by atoms with Crippen molar-refractivity contribution in [1.29, 1.82) is 0 Å². The van der Waals surface area contributed by atoms with Crippen LogP contribution >= 0.6 is 11.3 Å². The van der Waals surface area contributed by atoms with Crippen molar-refractivity contribution in [2.45, 2.75) is 19.8 Å². The van der Waals surface area contributed by atoms with E-state index in [-0.39, 0.29) is 11.3 Å². The van der Waals surface area contributed by atoms with Crippen LogP contribution < -0.4 is 15.3 Å². The van der Waals surface area contributed by atoms with Gasteiger partial charge in [-0.25, -0.2) is 18.1 Å². The van der Waals surface area contributed by atoms with Crippen LogP contribution in [0.4, 0.5) is 5.69 Å². The largest absolute Gasteiger partial charge is 0.280 e. The number of sulfonamides is 1. The van der Waals surface area contributed by atoms with Gasteiger partial charge in [-0.05, 0) is 43.2 Å². The van der Waals surface area contributed by atoms with E-state index >= 15 is 0 Å². The maximum Gasteiger partial charge on any atom is 0.280 e. The first kappa shape index (κ1) is 18.6. The van der Waals surface area contributed by atoms with Crippen molar-refractivity contribution >= 4 is 43.2 Å². The van der Waals surface area contributed by atoms with Crippen molar-refractivity contribution in [1.82, 2.24) is 9.66 Å². The molecule has 1 aliphatic heterocycles. The van der Waals surface area contributed by atoms with Crippen molar-refractivity contribution < 1.29 is 13.2 Å². The highest BCUT2D eigenvalue weighted by Gasteiger charge is 2.28. The number of benzene rings is 1. The molecule has 4 rings (SSSR count). The van der Waals surface area contributed by atoms with Crippen LogP contribution in [0.3, 0.4) is 0 Å². The van der Waals surface area contributed by atoms with Gasteiger partial charge in [0.15, 0.2) is 0 Å². The third kappa shape index (κ3) is 3.29. The van der Waals surface area contributed by atoms with E-state index in [1.165, 1.54) is 34.1 Å². The van der Waals surface area contributed by atoms with Gasteiger partial charge in [-0.2, -0.15) is 0 Å². The molecule has 1 fully saturated rings. The minimum atomic E-state index is -3.27. The lowest BCUT2D eigenvalue weighted by Gasteiger charge is -2.17. The van der Waals surface area contributed by atoms with E-state index in [4.69, 9.17) is 0 Å². The lowest BCUT2D eigenvalue weighted by Crippen LogP contribution is -2.33. The molecule has 0 radical (unpaired) electrons. The van der Waals surface area contributed by atoms with E-state index in [0.717, 1.165) is 16.0 Å². The molecule has 1 amide bonds. The molecule has 1 N–H and O–H groups in total. The van der Waals surface area contributed by atoms with Crippen LogP contribution in [0, 0.1) is 0 Å². The fourth-order valence-corrected chi connectivity index (χ4v) is 5.60. The van der Waals surface area contributed by atoms with Crippen LogP contribution in [-0.4, -0.2) is 36.3 Å². The number of carbonyl (C=O) groups is 1. The number of carbonyl (C=O) groups excluding carboxylic acids is 1. The Labute approximate surface area is 165 Å². The van der Waals surface area contributed by atoms with Gasteiger partial charge in [-0.15, -0.1) is 11.3 Å². The van der Waals surface area contributed by atoms with E-state index in [1.807, 2.05) is 6.92 Å². The fourth-order valence-electron chi connectivity index (χ4n) is 3.11. The van der Waals surface area contributed by atoms with Crippen LogP contribution in [-0.2, 0) is 16.4 Å². The summed E-state index contributed by atoms with van der Waals surface area (Å²) in [6.45, 7) is 2.44. The van der Waals surface area contributed by atoms with Gasteiger partial charge in [-0.1, -0.05) is 6.92 Å². The van der Waals surface area contributed by atoms with Crippen LogP contribution in [0.1, 0.15) is 28.6 Å². The summed E-state index contributed by atoms with van der Waals surface area (Å²) in [5.41, 5.74) is 3.03. The maximum absolute atomic E-state index is 12.6. The zero-order valence-corrected chi connectivity index (χ0v) is 16.7. The molecule has 0 saturated carbocycles. The van der Waals surface area contributed by atoms with E-state index in [2.05, 4.69) is 10.4 Å². The van der Waals surface area contributed by atoms with Crippen molar-refractivity contribution in [2.75, 3.05) is 22.0 Å². The molecular formula is C18H18N4O4S2. The van der Waals surface area contributed by atoms with Crippen molar-refractivity contribution in [3.8, 4) is 0 Å². The second-order valence-electron chi connectivity index (χ2n) is 6.43. The molecule has 1 aromatic carbocycles. The summed E-state index contributed by atoms with van der Waals surface area (Å²) < 4.78 is 26.4. The van der Waals surface area contributed by atoms with Gasteiger partial charge in [0.2, 0.25) is 10.0 Å². The molecule has 0 atom stereocenters. The number of hydrogen-bond acceptors (Lipinski definition) is 6. The van der Waals surface area contributed by atoms with E-state index < -0.39 is 15.9 Å². The molecule has 8 nitrogen and oxygen atoms in total. The Balaban J connectivity index is 1.56. The van der Waals surface area contributed by atoms with Gasteiger partial charge in [0.1, 0.15) is 11.2 Å². The monoisotopic (exact) mass is 418 g/mol. The molecule has 0 aliphatic carbocycles. The second-order valence-corrected chi connectivity index (χ2v) is 9.56. The normalized spacial score (nSPS) is 15.8. The zero-order valence-electron chi connectivity index (χ0n) is 15.1. The van der Waals surface area contributed by atoms with E-state index in [1.54, 1.807) is 18.2 Å². The van der Waals surface area contributed by atoms with Gasteiger partial charge in [-0.3, -0.25) is 19.3 Å². The first-order valence-corrected chi connectivity index (χ1v) is 11.2. The summed E-state index contributed by atoms with van der Waals surface area (Å²) >= 11 is 1.46. The van der Waals surface area contributed by atoms with Gasteiger partial charge in [0, 0.05) is 17.0 Å². The number of nitrogens with zero attached hydrogens (tertiary/aromatic N) is 3. The number of nitrogens with one attached hydrogen (secondary N) is 1. The average Bonchev–Trinajstić information content (AvgIpc) is 3.27. The highest BCUT2D eigenvalue weighted by molar-refractivity contribution is 7.93. The minimum absolute atomic E-state index is 0.135. The summed E-state index contributed by atoms with van der Waals surface area (Å²) in [5.74, 6) is -0.347. The lowest BCUT2D eigenvalue weighted by atomic mass is 10.2. The maximum atomic E-state index is 12.6. The number of amides is 1. The predicted octanol–water partition coefficient (Wildman–Crippen LogP) is 1.94. The van der Waals surface area contributed by atoms with Crippen LogP contribution in [0.15, 0.2) is 41.5 Å². The smallest absolute Gasteiger partial charge is 0.270 e. The fraction of sp³-hybridized carbons (Fsp3) is 0.278. The molecule has 0 bridgehead atoms. The van der Waals surface area contributed by atoms with Gasteiger partial charge in [0.25, 0.3) is 11.5 Å². The SMILES string of the molecule is CCc1cc2c(=O)n(NC(=O)c3ccc(N4CCCS4(=O)=O)cc3)cnc2s1. The quantitative estimate of drug-likeness (QED) is 0.698. The van der Waals surface area contributed by atoms with Crippen molar-refractivity contribution in [2.24, 2.45) is 0 Å². The number of aromatic nitrogens is 2. The van der Waals surface area contributed by atoms with Crippen LogP contribution in [0.2, 0.25) is 0 Å². The Hall–Kier alpha value is -2.72. The summed E-state index contributed by atoms with van der Waals surface area (Å²) in [6, 6.07) is 8.05. The molecule has 146 valence electrons. The topological polar surface area (TPSA) is 101 Å². The molecule has 0 spiro atoms. The minimum Gasteiger partial charge on any atom is -0.270 e. The summed E-state index contributed by atoms with van der Waals surface area (Å²) in [4.78, 5) is 31.0. The first-order valence-electron chi connectivity index (χ1n) is 8.81. The Bertz CT molecular complexity index is 1210. The molecule has 1 saturated heterocycles. The number of thiophene rings is 1. The number of rotatable bonds is 4. The number of aryl methyl sites for hydroxylation is 1. The van der Waals surface area contributed by atoms with Crippen molar-refractivity contribution in [3.05, 3.63) is 57.5 Å². The molecule has 2 aromatic heterocycles. The molecule has 0 unspecified atom stereocenters. The average molecular weight is 419 g/mol. The molecule has 10 heteroatoms. The van der Waals surface area contributed by atoms with Gasteiger partial charge in [0.05, 0.1) is 16.8 Å². The Morgan fingerprint density at radius 3 is 2.68 bits per heavy atom. The summed E-state index contributed by atoms with van der Waals surface area (Å²) in [5, 5.41) is 0.472. The summed E-state index contributed by atoms with van der Waals surface area (Å²) in [6.07, 6.45) is 2.70. The molecular weight excluding hydrogens is 400 g/mol. The highest BCUT2D eigenvalue weighted by atomic mass is 32.2. The van der Waals surface area contributed by atoms with Gasteiger partial charge >= 0.3 is 0 Å². The van der Waals surface area contributed by atoms with E-state index in [0.29, 0.717) is 34.4 Å². The Morgan fingerprint density at radius 2 is 2.04 bits per heavy atom. The third-order valence-corrected chi connectivity index (χ3v) is 7.65. The number of anilines is 1. The Kier molecular flexibility index (Phi) is 4.68. The molecule has 3 aromatic rings. The summed E-state index contributed by atoms with van der Waals surface area (Å²) in [7, 11) is -3.27. The van der Waals surface area contributed by atoms with E-state index in [9.17, 15) is 18.0 Å². The lowest BCUT2D eigenvalue weighted by molar-refractivity contribution is 0.101. The third-order valence-electron chi connectivity index (χ3n) is 4.59. The van der Waals surface area contributed by atoms with Crippen LogP contribution in [0.25, 0.3) is 10.2 Å². The Morgan fingerprint density at radius 1 is 1.29 bits per heavy atom. The number of hydrogen-bond donors (Lipinski definition) is 1.